The second-order valence-corrected chi connectivity index (χ2v) is 6.75. The van der Waals surface area contributed by atoms with Crippen LogP contribution in [-0.2, 0) is 0 Å². The lowest BCUT2D eigenvalue weighted by atomic mass is 10.0. The molecule has 1 fully saturated rings. The largest absolute Gasteiger partial charge is 0.357 e. The van der Waals surface area contributed by atoms with Gasteiger partial charge in [-0.15, -0.1) is 5.92 Å². The number of aromatic nitrogens is 1. The number of carbonyl (C=O) groups excluding carboxylic acids is 2. The van der Waals surface area contributed by atoms with E-state index < -0.39 is 11.8 Å². The molecule has 2 heterocycles. The van der Waals surface area contributed by atoms with Gasteiger partial charge in [-0.1, -0.05) is 12.0 Å². The summed E-state index contributed by atoms with van der Waals surface area (Å²) in [6.45, 7) is 3.33. The maximum Gasteiger partial charge on any atom is 0.270 e. The smallest absolute Gasteiger partial charge is 0.270 e. The lowest BCUT2D eigenvalue weighted by molar-refractivity contribution is 0.0971. The Balaban J connectivity index is 1.86. The van der Waals surface area contributed by atoms with Crippen LogP contribution in [0.4, 0.5) is 5.82 Å². The zero-order valence-electron chi connectivity index (χ0n) is 16.2. The number of carbonyl (C=O) groups is 2. The summed E-state index contributed by atoms with van der Waals surface area (Å²) in [4.78, 5) is 30.6. The van der Waals surface area contributed by atoms with Crippen molar-refractivity contribution in [2.24, 2.45) is 0 Å². The van der Waals surface area contributed by atoms with Crippen LogP contribution in [0.2, 0.25) is 0 Å². The molecule has 3 rings (SSSR count). The fourth-order valence-corrected chi connectivity index (χ4v) is 3.25. The van der Waals surface area contributed by atoms with E-state index in [4.69, 9.17) is 11.1 Å². The van der Waals surface area contributed by atoms with Crippen molar-refractivity contribution >= 4 is 23.5 Å². The van der Waals surface area contributed by atoms with Crippen LogP contribution in [0.5, 0.6) is 0 Å². The molecule has 1 aliphatic heterocycles. The maximum atomic E-state index is 12.8. The first-order valence-corrected chi connectivity index (χ1v) is 9.43. The number of benzene rings is 1. The number of piperidine rings is 1. The van der Waals surface area contributed by atoms with Crippen LogP contribution in [0.1, 0.15) is 58.0 Å². The lowest BCUT2D eigenvalue weighted by Gasteiger charge is -2.29. The predicted molar refractivity (Wildman–Crippen MR) is 111 cm³/mol. The fourth-order valence-electron chi connectivity index (χ4n) is 3.25. The molecule has 1 aliphatic rings. The molecule has 29 heavy (non-hydrogen) atoms. The first-order valence-electron chi connectivity index (χ1n) is 9.43. The van der Waals surface area contributed by atoms with Crippen molar-refractivity contribution in [3.05, 3.63) is 58.8 Å². The Morgan fingerprint density at radius 2 is 1.86 bits per heavy atom. The number of hydrogen-bond acceptors (Lipinski definition) is 4. The van der Waals surface area contributed by atoms with Gasteiger partial charge in [0.05, 0.1) is 11.1 Å². The van der Waals surface area contributed by atoms with Crippen molar-refractivity contribution in [1.29, 1.82) is 5.41 Å². The van der Waals surface area contributed by atoms with Crippen LogP contribution in [0.15, 0.2) is 36.5 Å². The summed E-state index contributed by atoms with van der Waals surface area (Å²) in [5.41, 5.74) is 8.79. The van der Waals surface area contributed by atoms with E-state index in [1.807, 2.05) is 4.90 Å². The number of amidine groups is 1. The second-order valence-electron chi connectivity index (χ2n) is 6.75. The molecular formula is C22H22N5O2. The normalized spacial score (nSPS) is 13.2. The van der Waals surface area contributed by atoms with E-state index in [-0.39, 0.29) is 11.1 Å². The molecule has 0 aliphatic carbocycles. The third-order valence-electron chi connectivity index (χ3n) is 4.73. The first-order chi connectivity index (χ1) is 14.0. The molecule has 7 heteroatoms. The molecule has 0 unspecified atom stereocenters. The van der Waals surface area contributed by atoms with Crippen LogP contribution in [0.3, 0.4) is 0 Å². The molecule has 2 amide bonds. The van der Waals surface area contributed by atoms with E-state index >= 15 is 0 Å². The zero-order valence-corrected chi connectivity index (χ0v) is 16.2. The van der Waals surface area contributed by atoms with Crippen LogP contribution in [0.25, 0.3) is 0 Å². The van der Waals surface area contributed by atoms with Gasteiger partial charge in [-0.2, -0.15) is 0 Å². The quantitative estimate of drug-likeness (QED) is 0.477. The summed E-state index contributed by atoms with van der Waals surface area (Å²) in [5.74, 6) is 4.79. The van der Waals surface area contributed by atoms with Gasteiger partial charge in [0, 0.05) is 30.4 Å². The highest BCUT2D eigenvalue weighted by Crippen LogP contribution is 2.18. The van der Waals surface area contributed by atoms with E-state index in [1.54, 1.807) is 31.3 Å². The molecule has 7 nitrogen and oxygen atoms in total. The zero-order chi connectivity index (χ0) is 20.8. The maximum absolute atomic E-state index is 12.8. The minimum atomic E-state index is -0.951. The third kappa shape index (κ3) is 4.79. The van der Waals surface area contributed by atoms with E-state index in [2.05, 4.69) is 22.1 Å². The van der Waals surface area contributed by atoms with Gasteiger partial charge < -0.3 is 10.2 Å². The Hall–Kier alpha value is -3.66. The van der Waals surface area contributed by atoms with Gasteiger partial charge in [-0.3, -0.25) is 20.7 Å². The molecule has 1 radical (unpaired) electrons. The van der Waals surface area contributed by atoms with Gasteiger partial charge in [-0.25, -0.2) is 4.98 Å². The number of nitrogens with one attached hydrogen (secondary N) is 3. The number of hydrogen-bond donors (Lipinski definition) is 2. The van der Waals surface area contributed by atoms with Gasteiger partial charge in [0.1, 0.15) is 11.7 Å². The Bertz CT molecular complexity index is 996. The van der Waals surface area contributed by atoms with Gasteiger partial charge in [0.15, 0.2) is 0 Å². The number of nitrogens with zero attached hydrogens (tertiary/aromatic N) is 2. The highest BCUT2D eigenvalue weighted by molar-refractivity contribution is 6.13. The molecule has 1 aromatic heterocycles. The van der Waals surface area contributed by atoms with Crippen molar-refractivity contribution in [3.63, 3.8) is 0 Å². The minimum Gasteiger partial charge on any atom is -0.357 e. The number of rotatable bonds is 4. The van der Waals surface area contributed by atoms with Gasteiger partial charge in [-0.05, 0) is 50.5 Å². The summed E-state index contributed by atoms with van der Waals surface area (Å²) >= 11 is 0. The van der Waals surface area contributed by atoms with E-state index in [0.29, 0.717) is 17.2 Å². The van der Waals surface area contributed by atoms with Gasteiger partial charge >= 0.3 is 0 Å². The summed E-state index contributed by atoms with van der Waals surface area (Å²) < 4.78 is 0. The summed E-state index contributed by atoms with van der Waals surface area (Å²) in [6, 6.07) is 7.92. The topological polar surface area (TPSA) is 110 Å². The molecule has 1 aromatic carbocycles. The third-order valence-corrected chi connectivity index (χ3v) is 4.73. The Labute approximate surface area is 169 Å². The number of anilines is 1. The number of pyridine rings is 1. The van der Waals surface area contributed by atoms with Crippen molar-refractivity contribution < 1.29 is 9.59 Å². The number of likely N-dealkylation sites (tertiary alicyclic amines) is 1. The van der Waals surface area contributed by atoms with E-state index in [0.717, 1.165) is 37.9 Å². The number of amides is 2. The molecule has 0 saturated carbocycles. The standard InChI is InChI=1S/C22H22N5O2/c1-2-6-15-7-10-19(25-14-15)26-22(29)18-13-16(8-9-17(18)21(24)28)20(23)27-11-4-3-5-12-27/h7-10,13-14,23-24H,3-5,11-12H2,1H3,(H,25,26,29). The molecule has 0 spiro atoms. The Morgan fingerprint density at radius 3 is 2.48 bits per heavy atom. The molecule has 2 aromatic rings. The van der Waals surface area contributed by atoms with E-state index in [1.165, 1.54) is 12.1 Å². The first kappa shape index (κ1) is 20.1. The van der Waals surface area contributed by atoms with Gasteiger partial charge in [0.25, 0.3) is 11.8 Å². The minimum absolute atomic E-state index is 0.00818. The fraction of sp³-hybridized carbons (Fsp3) is 0.273. The van der Waals surface area contributed by atoms with Crippen LogP contribution in [0, 0.1) is 17.3 Å². The average Bonchev–Trinajstić information content (AvgIpc) is 2.75. The second kappa shape index (κ2) is 9.02. The van der Waals surface area contributed by atoms with Crippen molar-refractivity contribution in [3.8, 4) is 11.8 Å². The summed E-state index contributed by atoms with van der Waals surface area (Å²) in [7, 11) is 0. The predicted octanol–water partition coefficient (Wildman–Crippen LogP) is 2.94. The lowest BCUT2D eigenvalue weighted by Crippen LogP contribution is -2.35. The average molecular weight is 388 g/mol. The molecular weight excluding hydrogens is 366 g/mol. The molecule has 1 saturated heterocycles. The van der Waals surface area contributed by atoms with Crippen LogP contribution in [-0.4, -0.2) is 40.6 Å². The summed E-state index contributed by atoms with van der Waals surface area (Å²) in [6.07, 6.45) is 4.76. The molecule has 147 valence electrons. The van der Waals surface area contributed by atoms with Crippen LogP contribution < -0.4 is 11.1 Å². The van der Waals surface area contributed by atoms with Gasteiger partial charge in [0.2, 0.25) is 0 Å². The molecule has 0 atom stereocenters. The Morgan fingerprint density at radius 1 is 1.10 bits per heavy atom. The SMILES string of the molecule is CC#Cc1ccc(NC(=O)c2cc(C(=N)N3CCCCC3)ccc2C([NH])=O)nc1. The highest BCUT2D eigenvalue weighted by atomic mass is 16.2. The molecule has 0 bridgehead atoms. The van der Waals surface area contributed by atoms with E-state index in [9.17, 15) is 9.59 Å². The monoisotopic (exact) mass is 388 g/mol. The van der Waals surface area contributed by atoms with Crippen molar-refractivity contribution in [1.82, 2.24) is 15.6 Å². The van der Waals surface area contributed by atoms with Crippen molar-refractivity contribution in [2.75, 3.05) is 18.4 Å². The van der Waals surface area contributed by atoms with Crippen LogP contribution >= 0.6 is 0 Å². The molecule has 3 N–H and O–H groups in total. The highest BCUT2D eigenvalue weighted by Gasteiger charge is 2.21. The summed E-state index contributed by atoms with van der Waals surface area (Å²) in [5, 5.41) is 11.1. The Kier molecular flexibility index (Phi) is 6.25. The van der Waals surface area contributed by atoms with Crippen molar-refractivity contribution in [2.45, 2.75) is 26.2 Å².